The van der Waals surface area contributed by atoms with E-state index in [1.165, 1.54) is 6.92 Å². The third-order valence-electron chi connectivity index (χ3n) is 1.83. The second kappa shape index (κ2) is 5.63. The highest BCUT2D eigenvalue weighted by molar-refractivity contribution is 5.95. The summed E-state index contributed by atoms with van der Waals surface area (Å²) in [5.41, 5.74) is -1.32. The Balaban J connectivity index is 4.49. The molecule has 5 nitrogen and oxygen atoms in total. The van der Waals surface area contributed by atoms with E-state index in [4.69, 9.17) is 5.11 Å². The van der Waals surface area contributed by atoms with Gasteiger partial charge in [-0.1, -0.05) is 12.5 Å². The van der Waals surface area contributed by atoms with Gasteiger partial charge in [-0.2, -0.15) is 0 Å². The van der Waals surface area contributed by atoms with Gasteiger partial charge >= 0.3 is 11.9 Å². The van der Waals surface area contributed by atoms with Gasteiger partial charge in [-0.3, -0.25) is 0 Å². The zero-order valence-corrected chi connectivity index (χ0v) is 9.11. The predicted octanol–water partition coefficient (Wildman–Crippen LogP) is 0.156. The first-order valence-corrected chi connectivity index (χ1v) is 4.60. The van der Waals surface area contributed by atoms with E-state index in [1.807, 2.05) is 0 Å². The smallest absolute Gasteiger partial charge is 0.348 e. The average Bonchev–Trinajstić information content (AvgIpc) is 2.15. The second-order valence-corrected chi connectivity index (χ2v) is 3.47. The van der Waals surface area contributed by atoms with Crippen LogP contribution in [-0.4, -0.2) is 34.4 Å². The lowest BCUT2D eigenvalue weighted by atomic mass is 10.0. The van der Waals surface area contributed by atoms with E-state index in [9.17, 15) is 14.7 Å². The molecule has 2 N–H and O–H groups in total. The second-order valence-electron chi connectivity index (χ2n) is 3.47. The SMILES string of the molecule is CCC(O)(CO)C(=O)OC(=O)C=C(C)C. The van der Waals surface area contributed by atoms with Crippen molar-refractivity contribution in [2.45, 2.75) is 32.8 Å². The van der Waals surface area contributed by atoms with Crippen molar-refractivity contribution < 1.29 is 24.5 Å². The molecule has 1 unspecified atom stereocenters. The van der Waals surface area contributed by atoms with Crippen LogP contribution in [-0.2, 0) is 14.3 Å². The number of carbonyl (C=O) groups excluding carboxylic acids is 2. The molecule has 0 bridgehead atoms. The van der Waals surface area contributed by atoms with E-state index < -0.39 is 24.1 Å². The van der Waals surface area contributed by atoms with Crippen LogP contribution in [0.15, 0.2) is 11.6 Å². The first-order valence-electron chi connectivity index (χ1n) is 4.60. The summed E-state index contributed by atoms with van der Waals surface area (Å²) in [5.74, 6) is -1.98. The Bertz CT molecular complexity index is 272. The standard InChI is InChI=1S/C10H16O5/c1-4-10(14,6-11)9(13)15-8(12)5-7(2)3/h5,11,14H,4,6H2,1-3H3. The molecular weight excluding hydrogens is 200 g/mol. The summed E-state index contributed by atoms with van der Waals surface area (Å²) >= 11 is 0. The molecular formula is C10H16O5. The molecule has 0 amide bonds. The Labute approximate surface area is 88.4 Å². The molecule has 0 fully saturated rings. The van der Waals surface area contributed by atoms with Crippen molar-refractivity contribution in [1.82, 2.24) is 0 Å². The highest BCUT2D eigenvalue weighted by Crippen LogP contribution is 2.11. The van der Waals surface area contributed by atoms with E-state index in [2.05, 4.69) is 4.74 Å². The quantitative estimate of drug-likeness (QED) is 0.397. The van der Waals surface area contributed by atoms with Crippen molar-refractivity contribution >= 4 is 11.9 Å². The van der Waals surface area contributed by atoms with Crippen molar-refractivity contribution in [1.29, 1.82) is 0 Å². The summed E-state index contributed by atoms with van der Waals surface area (Å²) < 4.78 is 4.34. The van der Waals surface area contributed by atoms with Crippen LogP contribution < -0.4 is 0 Å². The largest absolute Gasteiger partial charge is 0.393 e. The Morgan fingerprint density at radius 2 is 1.93 bits per heavy atom. The lowest BCUT2D eigenvalue weighted by molar-refractivity contribution is -0.175. The Hall–Kier alpha value is -1.20. The van der Waals surface area contributed by atoms with Gasteiger partial charge in [0.05, 0.1) is 6.61 Å². The number of esters is 2. The van der Waals surface area contributed by atoms with Gasteiger partial charge in [0.1, 0.15) is 0 Å². The number of hydrogen-bond acceptors (Lipinski definition) is 5. The summed E-state index contributed by atoms with van der Waals surface area (Å²) in [5, 5.41) is 18.3. The normalized spacial score (nSPS) is 13.9. The minimum absolute atomic E-state index is 0.0234. The molecule has 0 aliphatic carbocycles. The molecule has 0 rings (SSSR count). The minimum Gasteiger partial charge on any atom is -0.393 e. The van der Waals surface area contributed by atoms with Crippen LogP contribution in [0.3, 0.4) is 0 Å². The van der Waals surface area contributed by atoms with Crippen LogP contribution in [0.5, 0.6) is 0 Å². The van der Waals surface area contributed by atoms with Crippen LogP contribution in [0.2, 0.25) is 0 Å². The summed E-state index contributed by atoms with van der Waals surface area (Å²) in [4.78, 5) is 22.3. The molecule has 0 radical (unpaired) electrons. The van der Waals surface area contributed by atoms with Gasteiger partial charge in [0.25, 0.3) is 0 Å². The van der Waals surface area contributed by atoms with Crippen molar-refractivity contribution in [3.63, 3.8) is 0 Å². The summed E-state index contributed by atoms with van der Waals surface area (Å²) in [6.07, 6.45) is 1.11. The molecule has 0 spiro atoms. The Morgan fingerprint density at radius 3 is 2.27 bits per heavy atom. The maximum Gasteiger partial charge on any atom is 0.348 e. The maximum atomic E-state index is 11.2. The molecule has 0 saturated heterocycles. The number of aliphatic hydroxyl groups is 2. The maximum absolute atomic E-state index is 11.2. The van der Waals surface area contributed by atoms with Gasteiger partial charge in [-0.15, -0.1) is 0 Å². The van der Waals surface area contributed by atoms with Crippen molar-refractivity contribution in [2.75, 3.05) is 6.61 Å². The van der Waals surface area contributed by atoms with Gasteiger partial charge < -0.3 is 14.9 Å². The van der Waals surface area contributed by atoms with E-state index in [1.54, 1.807) is 13.8 Å². The van der Waals surface area contributed by atoms with Gasteiger partial charge in [0.15, 0.2) is 5.60 Å². The van der Waals surface area contributed by atoms with E-state index >= 15 is 0 Å². The first-order chi connectivity index (χ1) is 6.85. The fourth-order valence-corrected chi connectivity index (χ4v) is 0.772. The molecule has 0 heterocycles. The molecule has 0 aliphatic rings. The molecule has 0 saturated carbocycles. The Morgan fingerprint density at radius 1 is 1.40 bits per heavy atom. The fraction of sp³-hybridized carbons (Fsp3) is 0.600. The summed E-state index contributed by atoms with van der Waals surface area (Å²) in [6, 6.07) is 0. The highest BCUT2D eigenvalue weighted by Gasteiger charge is 2.36. The molecule has 0 aliphatic heterocycles. The lowest BCUT2D eigenvalue weighted by Gasteiger charge is -2.20. The number of allylic oxidation sites excluding steroid dienone is 1. The van der Waals surface area contributed by atoms with Crippen molar-refractivity contribution in [2.24, 2.45) is 0 Å². The average molecular weight is 216 g/mol. The molecule has 15 heavy (non-hydrogen) atoms. The number of aliphatic hydroxyl groups excluding tert-OH is 1. The fourth-order valence-electron chi connectivity index (χ4n) is 0.772. The van der Waals surface area contributed by atoms with Gasteiger partial charge in [-0.25, -0.2) is 9.59 Å². The summed E-state index contributed by atoms with van der Waals surface area (Å²) in [6.45, 7) is 4.07. The number of carbonyl (C=O) groups is 2. The number of rotatable bonds is 4. The summed E-state index contributed by atoms with van der Waals surface area (Å²) in [7, 11) is 0. The number of hydrogen-bond donors (Lipinski definition) is 2. The van der Waals surface area contributed by atoms with Crippen LogP contribution in [0.4, 0.5) is 0 Å². The van der Waals surface area contributed by atoms with Crippen LogP contribution >= 0.6 is 0 Å². The zero-order chi connectivity index (χ0) is 12.1. The molecule has 0 aromatic carbocycles. The van der Waals surface area contributed by atoms with Crippen LogP contribution in [0.1, 0.15) is 27.2 Å². The van der Waals surface area contributed by atoms with E-state index in [0.29, 0.717) is 5.57 Å². The zero-order valence-electron chi connectivity index (χ0n) is 9.11. The monoisotopic (exact) mass is 216 g/mol. The van der Waals surface area contributed by atoms with Gasteiger partial charge in [-0.05, 0) is 20.3 Å². The minimum atomic E-state index is -1.99. The van der Waals surface area contributed by atoms with E-state index in [-0.39, 0.29) is 6.42 Å². The molecule has 5 heteroatoms. The van der Waals surface area contributed by atoms with Crippen molar-refractivity contribution in [3.05, 3.63) is 11.6 Å². The molecule has 86 valence electrons. The van der Waals surface area contributed by atoms with Gasteiger partial charge in [0.2, 0.25) is 0 Å². The first kappa shape index (κ1) is 13.8. The Kier molecular flexibility index (Phi) is 5.18. The highest BCUT2D eigenvalue weighted by atomic mass is 16.6. The van der Waals surface area contributed by atoms with Gasteiger partial charge in [0, 0.05) is 6.08 Å². The van der Waals surface area contributed by atoms with Crippen LogP contribution in [0.25, 0.3) is 0 Å². The third-order valence-corrected chi connectivity index (χ3v) is 1.83. The molecule has 0 aromatic rings. The lowest BCUT2D eigenvalue weighted by Crippen LogP contribution is -2.43. The topological polar surface area (TPSA) is 83.8 Å². The molecule has 0 aromatic heterocycles. The number of ether oxygens (including phenoxy) is 1. The van der Waals surface area contributed by atoms with E-state index in [0.717, 1.165) is 6.08 Å². The van der Waals surface area contributed by atoms with Crippen LogP contribution in [0, 0.1) is 0 Å². The third kappa shape index (κ3) is 4.22. The predicted molar refractivity (Wildman–Crippen MR) is 52.9 cm³/mol. The molecule has 1 atom stereocenters. The van der Waals surface area contributed by atoms with Crippen molar-refractivity contribution in [3.8, 4) is 0 Å².